The second kappa shape index (κ2) is 6.99. The first-order valence-corrected chi connectivity index (χ1v) is 8.18. The standard InChI is InChI=1S/C19H16ClNO4/c20-15-10-12(11-17(23)19(15)25)3-8-16(22)13-4-6-14(7-5-13)21-9-1-2-18(21)24/h3-8,10-11,23,25H,1-2,9H2. The molecule has 3 rings (SSSR count). The topological polar surface area (TPSA) is 77.8 Å². The number of anilines is 1. The number of halogens is 1. The highest BCUT2D eigenvalue weighted by atomic mass is 35.5. The molecule has 1 saturated heterocycles. The molecule has 1 aliphatic rings. The van der Waals surface area contributed by atoms with Crippen LogP contribution in [0.3, 0.4) is 0 Å². The predicted molar refractivity (Wildman–Crippen MR) is 96.2 cm³/mol. The molecule has 2 aromatic rings. The molecule has 2 aromatic carbocycles. The van der Waals surface area contributed by atoms with Gasteiger partial charge in [-0.15, -0.1) is 0 Å². The lowest BCUT2D eigenvalue weighted by atomic mass is 10.1. The second-order valence-corrected chi connectivity index (χ2v) is 6.17. The summed E-state index contributed by atoms with van der Waals surface area (Å²) in [5, 5.41) is 19.0. The number of hydrogen-bond acceptors (Lipinski definition) is 4. The number of carbonyl (C=O) groups excluding carboxylic acids is 2. The van der Waals surface area contributed by atoms with E-state index in [1.54, 1.807) is 29.2 Å². The fourth-order valence-corrected chi connectivity index (χ4v) is 2.92. The molecule has 0 bridgehead atoms. The maximum absolute atomic E-state index is 12.2. The summed E-state index contributed by atoms with van der Waals surface area (Å²) in [5.74, 6) is -0.859. The Kier molecular flexibility index (Phi) is 4.76. The molecule has 2 N–H and O–H groups in total. The van der Waals surface area contributed by atoms with Crippen molar-refractivity contribution in [2.24, 2.45) is 0 Å². The van der Waals surface area contributed by atoms with Crippen molar-refractivity contribution in [3.63, 3.8) is 0 Å². The monoisotopic (exact) mass is 357 g/mol. The minimum Gasteiger partial charge on any atom is -0.504 e. The number of phenols is 2. The fraction of sp³-hybridized carbons (Fsp3) is 0.158. The molecular weight excluding hydrogens is 342 g/mol. The SMILES string of the molecule is O=C(C=Cc1cc(O)c(O)c(Cl)c1)c1ccc(N2CCCC2=O)cc1. The van der Waals surface area contributed by atoms with Gasteiger partial charge in [0.05, 0.1) is 5.02 Å². The maximum atomic E-state index is 12.2. The van der Waals surface area contributed by atoms with E-state index < -0.39 is 5.75 Å². The van der Waals surface area contributed by atoms with Gasteiger partial charge in [0.25, 0.3) is 0 Å². The van der Waals surface area contributed by atoms with E-state index in [0.717, 1.165) is 12.1 Å². The maximum Gasteiger partial charge on any atom is 0.227 e. The highest BCUT2D eigenvalue weighted by Crippen LogP contribution is 2.34. The summed E-state index contributed by atoms with van der Waals surface area (Å²) in [7, 11) is 0. The van der Waals surface area contributed by atoms with Crippen molar-refractivity contribution < 1.29 is 19.8 Å². The smallest absolute Gasteiger partial charge is 0.227 e. The predicted octanol–water partition coefficient (Wildman–Crippen LogP) is 3.77. The van der Waals surface area contributed by atoms with Crippen LogP contribution in [-0.4, -0.2) is 28.4 Å². The van der Waals surface area contributed by atoms with Gasteiger partial charge in [0.1, 0.15) is 0 Å². The largest absolute Gasteiger partial charge is 0.504 e. The van der Waals surface area contributed by atoms with Crippen LogP contribution in [0.15, 0.2) is 42.5 Å². The third-order valence-electron chi connectivity index (χ3n) is 4.03. The molecule has 0 spiro atoms. The molecule has 0 saturated carbocycles. The van der Waals surface area contributed by atoms with Crippen LogP contribution < -0.4 is 4.90 Å². The first kappa shape index (κ1) is 17.0. The second-order valence-electron chi connectivity index (χ2n) is 5.76. The van der Waals surface area contributed by atoms with Crippen molar-refractivity contribution in [1.82, 2.24) is 0 Å². The molecule has 0 atom stereocenters. The number of rotatable bonds is 4. The number of nitrogens with zero attached hydrogens (tertiary/aromatic N) is 1. The van der Waals surface area contributed by atoms with Gasteiger partial charge in [-0.1, -0.05) is 17.7 Å². The quantitative estimate of drug-likeness (QED) is 0.496. The summed E-state index contributed by atoms with van der Waals surface area (Å²) in [5.41, 5.74) is 1.77. The van der Waals surface area contributed by atoms with Gasteiger partial charge < -0.3 is 15.1 Å². The lowest BCUT2D eigenvalue weighted by Crippen LogP contribution is -2.23. The molecule has 0 radical (unpaired) electrons. The van der Waals surface area contributed by atoms with Crippen LogP contribution in [-0.2, 0) is 4.79 Å². The van der Waals surface area contributed by atoms with Crippen molar-refractivity contribution in [1.29, 1.82) is 0 Å². The zero-order valence-corrected chi connectivity index (χ0v) is 14.0. The summed E-state index contributed by atoms with van der Waals surface area (Å²) in [6, 6.07) is 9.63. The number of carbonyl (C=O) groups is 2. The number of amides is 1. The summed E-state index contributed by atoms with van der Waals surface area (Å²) >= 11 is 5.78. The Labute approximate surface area is 149 Å². The van der Waals surface area contributed by atoms with E-state index in [-0.39, 0.29) is 22.5 Å². The third kappa shape index (κ3) is 3.67. The number of aromatic hydroxyl groups is 2. The van der Waals surface area contributed by atoms with Crippen LogP contribution in [0.4, 0.5) is 5.69 Å². The Morgan fingerprint density at radius 1 is 1.16 bits per heavy atom. The Bertz CT molecular complexity index is 835. The van der Waals surface area contributed by atoms with Crippen LogP contribution in [0.2, 0.25) is 5.02 Å². The van der Waals surface area contributed by atoms with Gasteiger partial charge in [-0.3, -0.25) is 9.59 Å². The van der Waals surface area contributed by atoms with Crippen LogP contribution in [0.25, 0.3) is 6.08 Å². The van der Waals surface area contributed by atoms with Gasteiger partial charge in [0, 0.05) is 24.2 Å². The van der Waals surface area contributed by atoms with Crippen molar-refractivity contribution >= 4 is 35.1 Å². The van der Waals surface area contributed by atoms with E-state index in [4.69, 9.17) is 11.6 Å². The normalized spacial score (nSPS) is 14.4. The number of benzene rings is 2. The van der Waals surface area contributed by atoms with Crippen molar-refractivity contribution in [2.45, 2.75) is 12.8 Å². The number of allylic oxidation sites excluding steroid dienone is 1. The molecule has 5 nitrogen and oxygen atoms in total. The molecule has 1 aliphatic heterocycles. The van der Waals surface area contributed by atoms with Crippen LogP contribution >= 0.6 is 11.6 Å². The molecule has 25 heavy (non-hydrogen) atoms. The summed E-state index contributed by atoms with van der Waals surface area (Å²) in [6.07, 6.45) is 4.28. The molecule has 0 unspecified atom stereocenters. The van der Waals surface area contributed by atoms with Gasteiger partial charge in [0.2, 0.25) is 5.91 Å². The molecule has 1 heterocycles. The van der Waals surface area contributed by atoms with E-state index in [1.165, 1.54) is 24.3 Å². The Morgan fingerprint density at radius 3 is 2.48 bits per heavy atom. The van der Waals surface area contributed by atoms with Crippen molar-refractivity contribution in [3.8, 4) is 11.5 Å². The van der Waals surface area contributed by atoms with Crippen LogP contribution in [0.1, 0.15) is 28.8 Å². The highest BCUT2D eigenvalue weighted by Gasteiger charge is 2.21. The lowest BCUT2D eigenvalue weighted by molar-refractivity contribution is -0.117. The average molecular weight is 358 g/mol. The van der Waals surface area contributed by atoms with E-state index in [2.05, 4.69) is 0 Å². The minimum absolute atomic E-state index is 0.00623. The molecule has 1 fully saturated rings. The average Bonchev–Trinajstić information content (AvgIpc) is 3.03. The first-order valence-electron chi connectivity index (χ1n) is 7.80. The molecular formula is C19H16ClNO4. The molecule has 1 amide bonds. The van der Waals surface area contributed by atoms with E-state index >= 15 is 0 Å². The van der Waals surface area contributed by atoms with E-state index in [0.29, 0.717) is 24.1 Å². The van der Waals surface area contributed by atoms with Crippen LogP contribution in [0.5, 0.6) is 11.5 Å². The first-order chi connectivity index (χ1) is 12.0. The van der Waals surface area contributed by atoms with Crippen LogP contribution in [0, 0.1) is 0 Å². The van der Waals surface area contributed by atoms with Crippen molar-refractivity contribution in [2.75, 3.05) is 11.4 Å². The Balaban J connectivity index is 1.74. The van der Waals surface area contributed by atoms with Crippen molar-refractivity contribution in [3.05, 3.63) is 58.6 Å². The lowest BCUT2D eigenvalue weighted by Gasteiger charge is -2.15. The van der Waals surface area contributed by atoms with Gasteiger partial charge in [0.15, 0.2) is 17.3 Å². The Hall–Kier alpha value is -2.79. The molecule has 0 aliphatic carbocycles. The van der Waals surface area contributed by atoms with Gasteiger partial charge in [-0.2, -0.15) is 0 Å². The highest BCUT2D eigenvalue weighted by molar-refractivity contribution is 6.32. The minimum atomic E-state index is -0.391. The summed E-state index contributed by atoms with van der Waals surface area (Å²) in [4.78, 5) is 25.7. The molecule has 0 aromatic heterocycles. The Morgan fingerprint density at radius 2 is 1.88 bits per heavy atom. The van der Waals surface area contributed by atoms with Gasteiger partial charge >= 0.3 is 0 Å². The van der Waals surface area contributed by atoms with Gasteiger partial charge in [-0.25, -0.2) is 0 Å². The zero-order chi connectivity index (χ0) is 18.0. The van der Waals surface area contributed by atoms with E-state index in [9.17, 15) is 19.8 Å². The third-order valence-corrected chi connectivity index (χ3v) is 4.32. The van der Waals surface area contributed by atoms with E-state index in [1.807, 2.05) is 0 Å². The van der Waals surface area contributed by atoms with Gasteiger partial charge in [-0.05, 0) is 54.5 Å². The zero-order valence-electron chi connectivity index (χ0n) is 13.3. The number of phenolic OH excluding ortho intramolecular Hbond substituents is 2. The summed E-state index contributed by atoms with van der Waals surface area (Å²) in [6.45, 7) is 0.705. The number of ketones is 1. The summed E-state index contributed by atoms with van der Waals surface area (Å²) < 4.78 is 0. The fourth-order valence-electron chi connectivity index (χ4n) is 2.70. The molecule has 128 valence electrons. The molecule has 6 heteroatoms. The number of hydrogen-bond donors (Lipinski definition) is 2.